The maximum Gasteiger partial charge on any atom is 0.272 e. The molecule has 8 nitrogen and oxygen atoms in total. The average Bonchev–Trinajstić information content (AvgIpc) is 2.60. The second-order valence-electron chi connectivity index (χ2n) is 6.45. The van der Waals surface area contributed by atoms with E-state index in [1.54, 1.807) is 44.2 Å². The first-order valence-corrected chi connectivity index (χ1v) is 8.50. The summed E-state index contributed by atoms with van der Waals surface area (Å²) in [7, 11) is 1.48. The van der Waals surface area contributed by atoms with Crippen LogP contribution in [0.15, 0.2) is 30.3 Å². The Balaban J connectivity index is 1.88. The number of amides is 2. The van der Waals surface area contributed by atoms with Gasteiger partial charge in [-0.3, -0.25) is 14.5 Å². The van der Waals surface area contributed by atoms with Gasteiger partial charge in [-0.25, -0.2) is 4.98 Å². The molecule has 2 amide bonds. The summed E-state index contributed by atoms with van der Waals surface area (Å²) in [5.41, 5.74) is 4.99. The summed E-state index contributed by atoms with van der Waals surface area (Å²) in [6.45, 7) is 2.98. The van der Waals surface area contributed by atoms with E-state index in [1.807, 2.05) is 0 Å². The van der Waals surface area contributed by atoms with Crippen LogP contribution in [0, 0.1) is 0 Å². The third-order valence-corrected chi connectivity index (χ3v) is 4.21. The van der Waals surface area contributed by atoms with Gasteiger partial charge in [-0.15, -0.1) is 0 Å². The number of carbonyl (C=O) groups is 2. The van der Waals surface area contributed by atoms with Crippen molar-refractivity contribution in [2.75, 3.05) is 29.6 Å². The van der Waals surface area contributed by atoms with Crippen molar-refractivity contribution < 1.29 is 19.1 Å². The maximum absolute atomic E-state index is 12.8. The van der Waals surface area contributed by atoms with Crippen LogP contribution < -0.4 is 25.4 Å². The van der Waals surface area contributed by atoms with Gasteiger partial charge in [0, 0.05) is 5.02 Å². The van der Waals surface area contributed by atoms with E-state index in [-0.39, 0.29) is 18.2 Å². The van der Waals surface area contributed by atoms with Gasteiger partial charge in [0.05, 0.1) is 12.8 Å². The molecule has 3 rings (SSSR count). The van der Waals surface area contributed by atoms with Gasteiger partial charge < -0.3 is 20.5 Å². The van der Waals surface area contributed by atoms with Crippen LogP contribution in [0.5, 0.6) is 11.5 Å². The first-order chi connectivity index (χ1) is 12.7. The zero-order chi connectivity index (χ0) is 19.8. The summed E-state index contributed by atoms with van der Waals surface area (Å²) in [6.07, 6.45) is 0. The van der Waals surface area contributed by atoms with Gasteiger partial charge in [-0.2, -0.15) is 0 Å². The molecule has 3 N–H and O–H groups in total. The van der Waals surface area contributed by atoms with Crippen LogP contribution in [-0.4, -0.2) is 36.1 Å². The number of ether oxygens (including phenoxy) is 2. The Labute approximate surface area is 161 Å². The predicted molar refractivity (Wildman–Crippen MR) is 102 cm³/mol. The second-order valence-corrected chi connectivity index (χ2v) is 6.89. The number of aromatic nitrogens is 1. The van der Waals surface area contributed by atoms with Gasteiger partial charge in [0.1, 0.15) is 18.1 Å². The normalized spacial score (nSPS) is 15.0. The highest BCUT2D eigenvalue weighted by Gasteiger charge is 2.42. The zero-order valence-corrected chi connectivity index (χ0v) is 15.8. The van der Waals surface area contributed by atoms with E-state index < -0.39 is 17.4 Å². The Hall–Kier alpha value is -3.00. The molecule has 142 valence electrons. The van der Waals surface area contributed by atoms with Crippen molar-refractivity contribution in [3.05, 3.63) is 35.4 Å². The Bertz CT molecular complexity index is 916. The number of benzene rings is 1. The van der Waals surface area contributed by atoms with Crippen LogP contribution in [-0.2, 0) is 9.59 Å². The van der Waals surface area contributed by atoms with Crippen LogP contribution in [0.25, 0.3) is 0 Å². The zero-order valence-electron chi connectivity index (χ0n) is 15.1. The molecule has 2 aromatic rings. The van der Waals surface area contributed by atoms with Gasteiger partial charge in [0.2, 0.25) is 5.91 Å². The highest BCUT2D eigenvalue weighted by molar-refractivity contribution is 6.31. The molecule has 1 aliphatic rings. The summed E-state index contributed by atoms with van der Waals surface area (Å²) >= 11 is 5.98. The number of pyridine rings is 1. The van der Waals surface area contributed by atoms with E-state index in [1.165, 1.54) is 12.0 Å². The Morgan fingerprint density at radius 1 is 1.37 bits per heavy atom. The number of methoxy groups -OCH3 is 1. The van der Waals surface area contributed by atoms with Gasteiger partial charge in [0.25, 0.3) is 5.91 Å². The van der Waals surface area contributed by atoms with E-state index in [4.69, 9.17) is 26.8 Å². The summed E-state index contributed by atoms with van der Waals surface area (Å²) in [4.78, 5) is 30.8. The number of anilines is 3. The van der Waals surface area contributed by atoms with E-state index >= 15 is 0 Å². The number of nitrogens with zero attached hydrogens (tertiary/aromatic N) is 2. The molecule has 1 aliphatic heterocycles. The summed E-state index contributed by atoms with van der Waals surface area (Å²) in [6, 6.07) is 8.04. The van der Waals surface area contributed by atoms with Crippen molar-refractivity contribution in [2.24, 2.45) is 0 Å². The third-order valence-electron chi connectivity index (χ3n) is 3.98. The molecule has 0 radical (unpaired) electrons. The van der Waals surface area contributed by atoms with Gasteiger partial charge in [0.15, 0.2) is 17.2 Å². The van der Waals surface area contributed by atoms with E-state index in [0.717, 1.165) is 0 Å². The van der Waals surface area contributed by atoms with E-state index in [2.05, 4.69) is 10.3 Å². The molecule has 1 aromatic carbocycles. The minimum absolute atomic E-state index is 0.201. The Morgan fingerprint density at radius 3 is 2.81 bits per heavy atom. The second kappa shape index (κ2) is 6.96. The van der Waals surface area contributed by atoms with Crippen molar-refractivity contribution >= 4 is 40.7 Å². The Kier molecular flexibility index (Phi) is 4.84. The van der Waals surface area contributed by atoms with Gasteiger partial charge >= 0.3 is 0 Å². The number of halogens is 1. The fraction of sp³-hybridized carbons (Fsp3) is 0.278. The number of nitrogens with two attached hydrogens (primary N) is 1. The van der Waals surface area contributed by atoms with Crippen LogP contribution >= 0.6 is 11.6 Å². The number of hydrogen-bond acceptors (Lipinski definition) is 6. The van der Waals surface area contributed by atoms with Crippen molar-refractivity contribution in [1.29, 1.82) is 0 Å². The first kappa shape index (κ1) is 18.8. The Morgan fingerprint density at radius 2 is 2.11 bits per heavy atom. The molecule has 0 aliphatic carbocycles. The molecule has 0 saturated carbocycles. The molecule has 27 heavy (non-hydrogen) atoms. The summed E-state index contributed by atoms with van der Waals surface area (Å²) in [5, 5.41) is 3.14. The fourth-order valence-corrected chi connectivity index (χ4v) is 2.89. The van der Waals surface area contributed by atoms with Gasteiger partial charge in [-0.05, 0) is 44.2 Å². The molecule has 2 heterocycles. The largest absolute Gasteiger partial charge is 0.495 e. The number of nitrogen functional groups attached to an aromatic ring is 1. The van der Waals surface area contributed by atoms with Crippen LogP contribution in [0.4, 0.5) is 17.3 Å². The van der Waals surface area contributed by atoms with Crippen LogP contribution in [0.2, 0.25) is 5.02 Å². The minimum atomic E-state index is -1.14. The minimum Gasteiger partial charge on any atom is -0.495 e. The molecule has 9 heteroatoms. The topological polar surface area (TPSA) is 107 Å². The maximum atomic E-state index is 12.8. The standard InChI is InChI=1S/C18H19ClN4O4/c1-18(2)17(25)23(16-13(27-18)6-7-14(20)22-16)9-15(24)21-11-8-10(19)4-5-12(11)26-3/h4-8H,9H2,1-3H3,(H2,20,22)(H,21,24). The molecule has 0 atom stereocenters. The molecule has 0 bridgehead atoms. The molecular formula is C18H19ClN4O4. The lowest BCUT2D eigenvalue weighted by atomic mass is 10.1. The molecule has 0 spiro atoms. The number of rotatable bonds is 4. The summed E-state index contributed by atoms with van der Waals surface area (Å²) < 4.78 is 10.9. The highest BCUT2D eigenvalue weighted by Crippen LogP contribution is 2.36. The number of fused-ring (bicyclic) bond motifs is 1. The number of nitrogens with one attached hydrogen (secondary N) is 1. The van der Waals surface area contributed by atoms with Crippen LogP contribution in [0.1, 0.15) is 13.8 Å². The smallest absolute Gasteiger partial charge is 0.272 e. The molecular weight excluding hydrogens is 372 g/mol. The fourth-order valence-electron chi connectivity index (χ4n) is 2.72. The number of hydrogen-bond donors (Lipinski definition) is 2. The van der Waals surface area contributed by atoms with Crippen LogP contribution in [0.3, 0.4) is 0 Å². The molecule has 1 aromatic heterocycles. The van der Waals surface area contributed by atoms with Gasteiger partial charge in [-0.1, -0.05) is 11.6 Å². The number of carbonyl (C=O) groups excluding carboxylic acids is 2. The van der Waals surface area contributed by atoms with Crippen molar-refractivity contribution in [2.45, 2.75) is 19.4 Å². The first-order valence-electron chi connectivity index (χ1n) is 8.12. The molecule has 0 saturated heterocycles. The van der Waals surface area contributed by atoms with Crippen molar-refractivity contribution in [3.63, 3.8) is 0 Å². The quantitative estimate of drug-likeness (QED) is 0.830. The molecule has 0 fully saturated rings. The van der Waals surface area contributed by atoms with Crippen molar-refractivity contribution in [3.8, 4) is 11.5 Å². The molecule has 0 unspecified atom stereocenters. The van der Waals surface area contributed by atoms with Crippen molar-refractivity contribution in [1.82, 2.24) is 4.98 Å². The van der Waals surface area contributed by atoms with E-state index in [0.29, 0.717) is 22.2 Å². The lowest BCUT2D eigenvalue weighted by Crippen LogP contribution is -2.54. The predicted octanol–water partition coefficient (Wildman–Crippen LogP) is 2.47. The average molecular weight is 391 g/mol. The lowest BCUT2D eigenvalue weighted by molar-refractivity contribution is -0.133. The monoisotopic (exact) mass is 390 g/mol. The van der Waals surface area contributed by atoms with E-state index in [9.17, 15) is 9.59 Å². The lowest BCUT2D eigenvalue weighted by Gasteiger charge is -2.37. The summed E-state index contributed by atoms with van der Waals surface area (Å²) in [5.74, 6) is 0.392. The SMILES string of the molecule is COc1ccc(Cl)cc1NC(=O)CN1C(=O)C(C)(C)Oc2ccc(N)nc21. The third kappa shape index (κ3) is 3.75. The highest BCUT2D eigenvalue weighted by atomic mass is 35.5.